The Balaban J connectivity index is 1.82. The summed E-state index contributed by atoms with van der Waals surface area (Å²) < 4.78 is 0. The second-order valence-corrected chi connectivity index (χ2v) is 7.03. The maximum absolute atomic E-state index is 12.6. The Labute approximate surface area is 154 Å². The lowest BCUT2D eigenvalue weighted by molar-refractivity contribution is -0.126. The third-order valence-corrected chi connectivity index (χ3v) is 4.91. The van der Waals surface area contributed by atoms with Crippen LogP contribution in [0.5, 0.6) is 0 Å². The number of amides is 2. The van der Waals surface area contributed by atoms with Crippen LogP contribution in [0.1, 0.15) is 49.4 Å². The van der Waals surface area contributed by atoms with E-state index >= 15 is 0 Å². The predicted molar refractivity (Wildman–Crippen MR) is 98.6 cm³/mol. The van der Waals surface area contributed by atoms with E-state index < -0.39 is 0 Å². The molecule has 1 aliphatic rings. The minimum Gasteiger partial charge on any atom is -0.393 e. The number of nitrogens with one attached hydrogen (secondary N) is 1. The van der Waals surface area contributed by atoms with Crippen molar-refractivity contribution < 1.29 is 14.7 Å². The number of rotatable bonds is 7. The number of piperidine rings is 1. The average Bonchev–Trinajstić information content (AvgIpc) is 2.65. The maximum atomic E-state index is 12.6. The molecule has 2 atom stereocenters. The summed E-state index contributed by atoms with van der Waals surface area (Å²) in [6.07, 6.45) is 3.53. The van der Waals surface area contributed by atoms with Gasteiger partial charge in [-0.15, -0.1) is 0 Å². The maximum Gasteiger partial charge on any atom is 0.253 e. The molecule has 2 amide bonds. The first-order valence-electron chi connectivity index (χ1n) is 9.02. The molecule has 0 saturated carbocycles. The smallest absolute Gasteiger partial charge is 0.253 e. The number of halogens is 1. The topological polar surface area (TPSA) is 69.6 Å². The van der Waals surface area contributed by atoms with Crippen molar-refractivity contribution in [3.8, 4) is 0 Å². The zero-order chi connectivity index (χ0) is 18.2. The predicted octanol–water partition coefficient (Wildman–Crippen LogP) is 2.86. The van der Waals surface area contributed by atoms with Gasteiger partial charge in [-0.1, -0.05) is 18.5 Å². The van der Waals surface area contributed by atoms with Gasteiger partial charge in [-0.2, -0.15) is 0 Å². The molecular weight excluding hydrogens is 340 g/mol. The standard InChI is InChI=1S/C19H27ClN2O3/c1-2-17(23)6-3-11-21-18(24)15-5-4-12-22(13-15)19(25)14-7-9-16(20)10-8-14/h7-10,15,17,23H,2-6,11-13H2,1H3,(H,21,24)/t15-,17-/m1/s1. The van der Waals surface area contributed by atoms with Crippen LogP contribution in [0, 0.1) is 5.92 Å². The van der Waals surface area contributed by atoms with Gasteiger partial charge in [-0.3, -0.25) is 9.59 Å². The largest absolute Gasteiger partial charge is 0.393 e. The van der Waals surface area contributed by atoms with E-state index in [1.165, 1.54) is 0 Å². The van der Waals surface area contributed by atoms with Crippen molar-refractivity contribution in [2.24, 2.45) is 5.92 Å². The Kier molecular flexibility index (Phi) is 7.72. The summed E-state index contributed by atoms with van der Waals surface area (Å²) in [5, 5.41) is 13.1. The average molecular weight is 367 g/mol. The van der Waals surface area contributed by atoms with Crippen LogP contribution in [0.4, 0.5) is 0 Å². The highest BCUT2D eigenvalue weighted by molar-refractivity contribution is 6.30. The number of hydrogen-bond donors (Lipinski definition) is 2. The molecule has 0 bridgehead atoms. The molecule has 138 valence electrons. The molecule has 0 aromatic heterocycles. The summed E-state index contributed by atoms with van der Waals surface area (Å²) in [4.78, 5) is 26.7. The molecule has 1 heterocycles. The van der Waals surface area contributed by atoms with E-state index in [0.717, 1.165) is 25.7 Å². The molecule has 0 aliphatic carbocycles. The van der Waals surface area contributed by atoms with E-state index in [4.69, 9.17) is 11.6 Å². The number of carbonyl (C=O) groups excluding carboxylic acids is 2. The van der Waals surface area contributed by atoms with E-state index in [0.29, 0.717) is 36.6 Å². The molecule has 1 aromatic rings. The number of likely N-dealkylation sites (tertiary alicyclic amines) is 1. The van der Waals surface area contributed by atoms with Gasteiger partial charge in [0.15, 0.2) is 0 Å². The normalized spacial score (nSPS) is 18.7. The van der Waals surface area contributed by atoms with Gasteiger partial charge in [-0.25, -0.2) is 0 Å². The number of aliphatic hydroxyl groups is 1. The molecule has 0 radical (unpaired) electrons. The molecule has 2 rings (SSSR count). The molecule has 6 heteroatoms. The van der Waals surface area contributed by atoms with Crippen LogP contribution in [0.3, 0.4) is 0 Å². The lowest BCUT2D eigenvalue weighted by Crippen LogP contribution is -2.45. The quantitative estimate of drug-likeness (QED) is 0.729. The molecule has 0 unspecified atom stereocenters. The minimum absolute atomic E-state index is 0.000376. The lowest BCUT2D eigenvalue weighted by Gasteiger charge is -2.32. The first kappa shape index (κ1) is 19.7. The Morgan fingerprint density at radius 3 is 2.76 bits per heavy atom. The van der Waals surface area contributed by atoms with Crippen LogP contribution in [-0.2, 0) is 4.79 Å². The number of nitrogens with zero attached hydrogens (tertiary/aromatic N) is 1. The molecule has 1 aromatic carbocycles. The Morgan fingerprint density at radius 1 is 1.36 bits per heavy atom. The van der Waals surface area contributed by atoms with Gasteiger partial charge >= 0.3 is 0 Å². The zero-order valence-electron chi connectivity index (χ0n) is 14.7. The summed E-state index contributed by atoms with van der Waals surface area (Å²) in [5.41, 5.74) is 0.596. The van der Waals surface area contributed by atoms with E-state index in [-0.39, 0.29) is 23.8 Å². The first-order chi connectivity index (χ1) is 12.0. The monoisotopic (exact) mass is 366 g/mol. The molecule has 1 aliphatic heterocycles. The van der Waals surface area contributed by atoms with Crippen molar-refractivity contribution in [1.29, 1.82) is 0 Å². The van der Waals surface area contributed by atoms with Crippen LogP contribution >= 0.6 is 11.6 Å². The Morgan fingerprint density at radius 2 is 2.08 bits per heavy atom. The van der Waals surface area contributed by atoms with Gasteiger partial charge in [0.25, 0.3) is 5.91 Å². The second kappa shape index (κ2) is 9.78. The van der Waals surface area contributed by atoms with E-state index in [1.54, 1.807) is 29.2 Å². The highest BCUT2D eigenvalue weighted by atomic mass is 35.5. The molecule has 0 spiro atoms. The van der Waals surface area contributed by atoms with Gasteiger partial charge < -0.3 is 15.3 Å². The number of carbonyl (C=O) groups is 2. The molecule has 1 saturated heterocycles. The van der Waals surface area contributed by atoms with Crippen molar-refractivity contribution in [3.05, 3.63) is 34.9 Å². The van der Waals surface area contributed by atoms with Gasteiger partial charge in [-0.05, 0) is 56.4 Å². The summed E-state index contributed by atoms with van der Waals surface area (Å²) in [6.45, 7) is 3.63. The summed E-state index contributed by atoms with van der Waals surface area (Å²) >= 11 is 5.86. The van der Waals surface area contributed by atoms with Crippen molar-refractivity contribution in [3.63, 3.8) is 0 Å². The molecule has 25 heavy (non-hydrogen) atoms. The molecule has 2 N–H and O–H groups in total. The highest BCUT2D eigenvalue weighted by Gasteiger charge is 2.28. The SMILES string of the molecule is CC[C@@H](O)CCCNC(=O)[C@@H]1CCCN(C(=O)c2ccc(Cl)cc2)C1. The van der Waals surface area contributed by atoms with Crippen molar-refractivity contribution in [2.45, 2.75) is 45.1 Å². The Bertz CT molecular complexity index is 577. The number of hydrogen-bond acceptors (Lipinski definition) is 3. The second-order valence-electron chi connectivity index (χ2n) is 6.59. The third kappa shape index (κ3) is 6.01. The molecule has 5 nitrogen and oxygen atoms in total. The fourth-order valence-electron chi connectivity index (χ4n) is 3.05. The third-order valence-electron chi connectivity index (χ3n) is 4.66. The Hall–Kier alpha value is -1.59. The van der Waals surface area contributed by atoms with E-state index in [9.17, 15) is 14.7 Å². The van der Waals surface area contributed by atoms with Gasteiger partial charge in [0.1, 0.15) is 0 Å². The fourth-order valence-corrected chi connectivity index (χ4v) is 3.17. The zero-order valence-corrected chi connectivity index (χ0v) is 15.5. The van der Waals surface area contributed by atoms with Crippen LogP contribution in [0.15, 0.2) is 24.3 Å². The van der Waals surface area contributed by atoms with Gasteiger partial charge in [0.2, 0.25) is 5.91 Å². The van der Waals surface area contributed by atoms with Crippen LogP contribution in [-0.4, -0.2) is 47.6 Å². The van der Waals surface area contributed by atoms with Crippen LogP contribution < -0.4 is 5.32 Å². The lowest BCUT2D eigenvalue weighted by atomic mass is 9.96. The van der Waals surface area contributed by atoms with Gasteiger partial charge in [0, 0.05) is 30.2 Å². The number of aliphatic hydroxyl groups excluding tert-OH is 1. The van der Waals surface area contributed by atoms with E-state index in [1.807, 2.05) is 6.92 Å². The molecule has 1 fully saturated rings. The number of benzene rings is 1. The molecular formula is C19H27ClN2O3. The summed E-state index contributed by atoms with van der Waals surface area (Å²) in [6, 6.07) is 6.84. The minimum atomic E-state index is -0.293. The van der Waals surface area contributed by atoms with E-state index in [2.05, 4.69) is 5.32 Å². The highest BCUT2D eigenvalue weighted by Crippen LogP contribution is 2.20. The van der Waals surface area contributed by atoms with Crippen molar-refractivity contribution in [2.75, 3.05) is 19.6 Å². The fraction of sp³-hybridized carbons (Fsp3) is 0.579. The first-order valence-corrected chi connectivity index (χ1v) is 9.39. The summed E-state index contributed by atoms with van der Waals surface area (Å²) in [5.74, 6) is -0.221. The van der Waals surface area contributed by atoms with Crippen LogP contribution in [0.25, 0.3) is 0 Å². The van der Waals surface area contributed by atoms with Crippen LogP contribution in [0.2, 0.25) is 5.02 Å². The summed E-state index contributed by atoms with van der Waals surface area (Å²) in [7, 11) is 0. The van der Waals surface area contributed by atoms with Gasteiger partial charge in [0.05, 0.1) is 12.0 Å². The van der Waals surface area contributed by atoms with Crippen molar-refractivity contribution >= 4 is 23.4 Å². The van der Waals surface area contributed by atoms with Crippen molar-refractivity contribution in [1.82, 2.24) is 10.2 Å².